The predicted octanol–water partition coefficient (Wildman–Crippen LogP) is 0.626. The predicted molar refractivity (Wildman–Crippen MR) is 66.5 cm³/mol. The first-order valence-electron chi connectivity index (χ1n) is 5.23. The van der Waals surface area contributed by atoms with E-state index in [-0.39, 0.29) is 10.5 Å². The van der Waals surface area contributed by atoms with E-state index in [4.69, 9.17) is 21.8 Å². The molecular formula is C11H9ClN2O5. The first kappa shape index (κ1) is 13.2. The second kappa shape index (κ2) is 4.77. The van der Waals surface area contributed by atoms with Crippen molar-refractivity contribution in [3.05, 3.63) is 33.7 Å². The molecule has 2 aromatic rings. The third kappa shape index (κ3) is 2.32. The highest BCUT2D eigenvalue weighted by Gasteiger charge is 2.18. The molecule has 19 heavy (non-hydrogen) atoms. The molecule has 100 valence electrons. The number of para-hydroxylation sites is 1. The van der Waals surface area contributed by atoms with E-state index in [1.165, 1.54) is 12.1 Å². The van der Waals surface area contributed by atoms with Crippen molar-refractivity contribution in [1.82, 2.24) is 9.13 Å². The fraction of sp³-hybridized carbons (Fsp3) is 0.182. The summed E-state index contributed by atoms with van der Waals surface area (Å²) < 4.78 is 1.93. The van der Waals surface area contributed by atoms with E-state index in [0.29, 0.717) is 5.52 Å². The summed E-state index contributed by atoms with van der Waals surface area (Å²) in [5, 5.41) is 17.8. The zero-order valence-corrected chi connectivity index (χ0v) is 10.3. The quantitative estimate of drug-likeness (QED) is 0.857. The fourth-order valence-corrected chi connectivity index (χ4v) is 2.17. The Morgan fingerprint density at radius 3 is 2.26 bits per heavy atom. The Bertz CT molecular complexity index is 730. The third-order valence-electron chi connectivity index (χ3n) is 2.57. The van der Waals surface area contributed by atoms with Gasteiger partial charge in [0.05, 0.1) is 16.1 Å². The summed E-state index contributed by atoms with van der Waals surface area (Å²) in [6.07, 6.45) is 0. The number of hydrogen-bond donors (Lipinski definition) is 2. The number of benzene rings is 1. The SMILES string of the molecule is O=C(O)Cn1c(=O)n(CC(=O)O)c2c(Cl)cccc21. The molecular weight excluding hydrogens is 276 g/mol. The van der Waals surface area contributed by atoms with Gasteiger partial charge in [0.25, 0.3) is 0 Å². The lowest BCUT2D eigenvalue weighted by Crippen LogP contribution is -2.28. The molecule has 0 aliphatic rings. The Hall–Kier alpha value is -2.28. The normalized spacial score (nSPS) is 10.8. The number of fused-ring (bicyclic) bond motifs is 1. The summed E-state index contributed by atoms with van der Waals surface area (Å²) in [5.41, 5.74) is -0.202. The maximum Gasteiger partial charge on any atom is 0.330 e. The number of nitrogens with zero attached hydrogens (tertiary/aromatic N) is 2. The van der Waals surface area contributed by atoms with Crippen LogP contribution < -0.4 is 5.69 Å². The van der Waals surface area contributed by atoms with Crippen LogP contribution in [0.25, 0.3) is 11.0 Å². The minimum Gasteiger partial charge on any atom is -0.480 e. The molecule has 2 rings (SSSR count). The van der Waals surface area contributed by atoms with Crippen molar-refractivity contribution >= 4 is 34.6 Å². The van der Waals surface area contributed by atoms with Gasteiger partial charge in [0.15, 0.2) is 0 Å². The molecule has 0 aliphatic carbocycles. The summed E-state index contributed by atoms with van der Waals surface area (Å²) in [7, 11) is 0. The highest BCUT2D eigenvalue weighted by molar-refractivity contribution is 6.35. The van der Waals surface area contributed by atoms with Crippen LogP contribution in [0.2, 0.25) is 5.02 Å². The van der Waals surface area contributed by atoms with Crippen molar-refractivity contribution in [1.29, 1.82) is 0 Å². The maximum absolute atomic E-state index is 12.1. The molecule has 1 aromatic heterocycles. The Balaban J connectivity index is 2.80. The number of carboxylic acid groups (broad SMARTS) is 2. The average molecular weight is 285 g/mol. The van der Waals surface area contributed by atoms with Gasteiger partial charge in [-0.1, -0.05) is 17.7 Å². The van der Waals surface area contributed by atoms with Crippen molar-refractivity contribution in [3.8, 4) is 0 Å². The molecule has 2 N–H and O–H groups in total. The minimum atomic E-state index is -1.21. The van der Waals surface area contributed by atoms with E-state index < -0.39 is 30.7 Å². The number of aliphatic carboxylic acids is 2. The molecule has 0 unspecified atom stereocenters. The standard InChI is InChI=1S/C11H9ClN2O5/c12-6-2-1-3-7-10(6)14(5-9(17)18)11(19)13(7)4-8(15)16/h1-3H,4-5H2,(H,15,16)(H,17,18). The Kier molecular flexibility index (Phi) is 3.30. The van der Waals surface area contributed by atoms with Crippen molar-refractivity contribution in [2.75, 3.05) is 0 Å². The van der Waals surface area contributed by atoms with Crippen LogP contribution in [0.4, 0.5) is 0 Å². The largest absolute Gasteiger partial charge is 0.480 e. The molecule has 0 saturated carbocycles. The van der Waals surface area contributed by atoms with Crippen LogP contribution in [0.15, 0.2) is 23.0 Å². The molecule has 1 aromatic carbocycles. The topological polar surface area (TPSA) is 102 Å². The van der Waals surface area contributed by atoms with Crippen LogP contribution >= 0.6 is 11.6 Å². The number of rotatable bonds is 4. The van der Waals surface area contributed by atoms with Crippen molar-refractivity contribution in [2.45, 2.75) is 13.1 Å². The van der Waals surface area contributed by atoms with Gasteiger partial charge in [-0.2, -0.15) is 0 Å². The zero-order valence-electron chi connectivity index (χ0n) is 9.54. The Morgan fingerprint density at radius 2 is 1.68 bits per heavy atom. The van der Waals surface area contributed by atoms with Crippen molar-refractivity contribution < 1.29 is 19.8 Å². The molecule has 0 spiro atoms. The van der Waals surface area contributed by atoms with Gasteiger partial charge >= 0.3 is 17.6 Å². The van der Waals surface area contributed by atoms with Crippen molar-refractivity contribution in [3.63, 3.8) is 0 Å². The van der Waals surface area contributed by atoms with Gasteiger partial charge in [0.2, 0.25) is 0 Å². The van der Waals surface area contributed by atoms with Gasteiger partial charge in [-0.15, -0.1) is 0 Å². The van der Waals surface area contributed by atoms with Gasteiger partial charge in [-0.3, -0.25) is 18.7 Å². The molecule has 0 saturated heterocycles. The van der Waals surface area contributed by atoms with Crippen LogP contribution in [0, 0.1) is 0 Å². The lowest BCUT2D eigenvalue weighted by Gasteiger charge is -2.00. The summed E-state index contributed by atoms with van der Waals surface area (Å²) in [4.78, 5) is 33.6. The Morgan fingerprint density at radius 1 is 1.11 bits per heavy atom. The Labute approximate surface area is 111 Å². The van der Waals surface area contributed by atoms with Crippen LogP contribution in [-0.4, -0.2) is 31.3 Å². The summed E-state index contributed by atoms with van der Waals surface area (Å²) in [6, 6.07) is 4.59. The van der Waals surface area contributed by atoms with Crippen LogP contribution in [0.3, 0.4) is 0 Å². The van der Waals surface area contributed by atoms with E-state index in [1.807, 2.05) is 0 Å². The molecule has 0 radical (unpaired) electrons. The second-order valence-corrected chi connectivity index (χ2v) is 4.26. The van der Waals surface area contributed by atoms with Gasteiger partial charge in [0.1, 0.15) is 13.1 Å². The monoisotopic (exact) mass is 284 g/mol. The van der Waals surface area contributed by atoms with Crippen LogP contribution in [0.5, 0.6) is 0 Å². The van der Waals surface area contributed by atoms with Gasteiger partial charge in [0, 0.05) is 0 Å². The number of imidazole rings is 1. The molecule has 0 atom stereocenters. The van der Waals surface area contributed by atoms with E-state index in [2.05, 4.69) is 0 Å². The highest BCUT2D eigenvalue weighted by Crippen LogP contribution is 2.22. The van der Waals surface area contributed by atoms with Crippen LogP contribution in [-0.2, 0) is 22.7 Å². The number of aromatic nitrogens is 2. The number of carboxylic acids is 2. The van der Waals surface area contributed by atoms with E-state index in [0.717, 1.165) is 9.13 Å². The van der Waals surface area contributed by atoms with Crippen LogP contribution in [0.1, 0.15) is 0 Å². The summed E-state index contributed by atoms with van der Waals surface area (Å²) in [5.74, 6) is -2.41. The lowest BCUT2D eigenvalue weighted by atomic mass is 10.3. The summed E-state index contributed by atoms with van der Waals surface area (Å²) >= 11 is 5.95. The average Bonchev–Trinajstić information content (AvgIpc) is 2.55. The smallest absolute Gasteiger partial charge is 0.330 e. The lowest BCUT2D eigenvalue weighted by molar-refractivity contribution is -0.138. The molecule has 0 fully saturated rings. The van der Waals surface area contributed by atoms with Gasteiger partial charge in [-0.05, 0) is 12.1 Å². The molecule has 1 heterocycles. The van der Waals surface area contributed by atoms with E-state index >= 15 is 0 Å². The molecule has 8 heteroatoms. The summed E-state index contributed by atoms with van der Waals surface area (Å²) in [6.45, 7) is -1.13. The van der Waals surface area contributed by atoms with Gasteiger partial charge in [-0.25, -0.2) is 4.79 Å². The van der Waals surface area contributed by atoms with E-state index in [1.54, 1.807) is 6.07 Å². The zero-order chi connectivity index (χ0) is 14.2. The highest BCUT2D eigenvalue weighted by atomic mass is 35.5. The molecule has 0 amide bonds. The number of hydrogen-bond acceptors (Lipinski definition) is 3. The molecule has 0 aliphatic heterocycles. The second-order valence-electron chi connectivity index (χ2n) is 3.85. The van der Waals surface area contributed by atoms with E-state index in [9.17, 15) is 14.4 Å². The molecule has 7 nitrogen and oxygen atoms in total. The van der Waals surface area contributed by atoms with Gasteiger partial charge < -0.3 is 10.2 Å². The third-order valence-corrected chi connectivity index (χ3v) is 2.88. The number of halogens is 1. The first-order valence-corrected chi connectivity index (χ1v) is 5.60. The number of carbonyl (C=O) groups is 2. The van der Waals surface area contributed by atoms with Crippen molar-refractivity contribution in [2.24, 2.45) is 0 Å². The molecule has 0 bridgehead atoms. The first-order chi connectivity index (χ1) is 8.91. The minimum absolute atomic E-state index is 0.194. The fourth-order valence-electron chi connectivity index (χ4n) is 1.90. The maximum atomic E-state index is 12.1.